The molecule has 0 saturated carbocycles. The third kappa shape index (κ3) is 2.70. The Kier molecular flexibility index (Phi) is 3.20. The zero-order valence-electron chi connectivity index (χ0n) is 9.15. The highest BCUT2D eigenvalue weighted by Crippen LogP contribution is 2.17. The fourth-order valence-corrected chi connectivity index (χ4v) is 1.63. The molecule has 0 amide bonds. The van der Waals surface area contributed by atoms with E-state index in [1.807, 2.05) is 35.0 Å². The van der Waals surface area contributed by atoms with Crippen LogP contribution in [0.15, 0.2) is 43.0 Å². The quantitative estimate of drug-likeness (QED) is 0.832. The second kappa shape index (κ2) is 4.80. The van der Waals surface area contributed by atoms with E-state index < -0.39 is 12.0 Å². The number of carbonyl (C=O) groups is 1. The van der Waals surface area contributed by atoms with E-state index in [2.05, 4.69) is 4.98 Å². The number of hydrogen-bond acceptors (Lipinski definition) is 3. The summed E-state index contributed by atoms with van der Waals surface area (Å²) >= 11 is 0. The molecular weight excluding hydrogens is 218 g/mol. The third-order valence-corrected chi connectivity index (χ3v) is 2.50. The molecule has 0 unspecified atom stereocenters. The van der Waals surface area contributed by atoms with Crippen molar-refractivity contribution >= 4 is 5.97 Å². The van der Waals surface area contributed by atoms with Crippen LogP contribution in [0.4, 0.5) is 0 Å². The second-order valence-corrected chi connectivity index (χ2v) is 3.77. The molecule has 5 heteroatoms. The van der Waals surface area contributed by atoms with Crippen molar-refractivity contribution in [2.24, 2.45) is 5.73 Å². The van der Waals surface area contributed by atoms with Gasteiger partial charge in [-0.15, -0.1) is 0 Å². The molecule has 0 aliphatic rings. The summed E-state index contributed by atoms with van der Waals surface area (Å²) in [5.41, 5.74) is 7.53. The van der Waals surface area contributed by atoms with Crippen molar-refractivity contribution in [2.45, 2.75) is 12.5 Å². The normalized spacial score (nSPS) is 12.3. The van der Waals surface area contributed by atoms with E-state index in [0.29, 0.717) is 0 Å². The summed E-state index contributed by atoms with van der Waals surface area (Å²) < 4.78 is 1.84. The molecule has 2 aromatic rings. The lowest BCUT2D eigenvalue weighted by molar-refractivity contribution is -0.137. The average molecular weight is 231 g/mol. The SMILES string of the molecule is N[C@@H](CC(=O)O)c1cccc(-n2ccnc2)c1. The molecule has 17 heavy (non-hydrogen) atoms. The number of carboxylic acid groups (broad SMARTS) is 1. The van der Waals surface area contributed by atoms with Crippen molar-refractivity contribution in [1.82, 2.24) is 9.55 Å². The lowest BCUT2D eigenvalue weighted by Crippen LogP contribution is -2.15. The van der Waals surface area contributed by atoms with E-state index in [0.717, 1.165) is 11.3 Å². The van der Waals surface area contributed by atoms with Gasteiger partial charge in [0.15, 0.2) is 0 Å². The van der Waals surface area contributed by atoms with E-state index >= 15 is 0 Å². The number of rotatable bonds is 4. The highest BCUT2D eigenvalue weighted by atomic mass is 16.4. The third-order valence-electron chi connectivity index (χ3n) is 2.50. The zero-order valence-corrected chi connectivity index (χ0v) is 9.15. The van der Waals surface area contributed by atoms with Gasteiger partial charge in [0.2, 0.25) is 0 Å². The maximum Gasteiger partial charge on any atom is 0.305 e. The summed E-state index contributed by atoms with van der Waals surface area (Å²) in [4.78, 5) is 14.6. The van der Waals surface area contributed by atoms with Crippen molar-refractivity contribution in [1.29, 1.82) is 0 Å². The Bertz CT molecular complexity index is 508. The van der Waals surface area contributed by atoms with Crippen molar-refractivity contribution in [3.05, 3.63) is 48.5 Å². The number of aliphatic carboxylic acids is 1. The van der Waals surface area contributed by atoms with E-state index in [1.165, 1.54) is 0 Å². The van der Waals surface area contributed by atoms with Crippen molar-refractivity contribution in [2.75, 3.05) is 0 Å². The van der Waals surface area contributed by atoms with Crippen LogP contribution in [0.5, 0.6) is 0 Å². The van der Waals surface area contributed by atoms with Gasteiger partial charge in [0.25, 0.3) is 0 Å². The Morgan fingerprint density at radius 1 is 1.53 bits per heavy atom. The maximum atomic E-state index is 10.6. The molecule has 0 radical (unpaired) electrons. The molecule has 0 fully saturated rings. The first-order valence-corrected chi connectivity index (χ1v) is 5.22. The molecule has 5 nitrogen and oxygen atoms in total. The number of nitrogens with two attached hydrogens (primary N) is 1. The molecule has 0 spiro atoms. The van der Waals surface area contributed by atoms with Crippen LogP contribution in [-0.4, -0.2) is 20.6 Å². The van der Waals surface area contributed by atoms with Crippen LogP contribution in [0.1, 0.15) is 18.0 Å². The first-order chi connectivity index (χ1) is 8.16. The summed E-state index contributed by atoms with van der Waals surface area (Å²) in [6.07, 6.45) is 5.11. The first-order valence-electron chi connectivity index (χ1n) is 5.22. The van der Waals surface area contributed by atoms with Crippen LogP contribution >= 0.6 is 0 Å². The van der Waals surface area contributed by atoms with Gasteiger partial charge in [0.05, 0.1) is 12.7 Å². The van der Waals surface area contributed by atoms with Gasteiger partial charge in [0.1, 0.15) is 0 Å². The largest absolute Gasteiger partial charge is 0.481 e. The molecule has 0 aliphatic heterocycles. The molecule has 88 valence electrons. The Morgan fingerprint density at radius 2 is 2.35 bits per heavy atom. The van der Waals surface area contributed by atoms with Crippen molar-refractivity contribution in [3.8, 4) is 5.69 Å². The maximum absolute atomic E-state index is 10.6. The lowest BCUT2D eigenvalue weighted by Gasteiger charge is -2.11. The molecule has 0 bridgehead atoms. The minimum Gasteiger partial charge on any atom is -0.481 e. The number of benzene rings is 1. The highest BCUT2D eigenvalue weighted by molar-refractivity contribution is 5.68. The van der Waals surface area contributed by atoms with Crippen LogP contribution in [0.3, 0.4) is 0 Å². The molecule has 0 aliphatic carbocycles. The highest BCUT2D eigenvalue weighted by Gasteiger charge is 2.11. The molecule has 0 saturated heterocycles. The number of aromatic nitrogens is 2. The van der Waals surface area contributed by atoms with Crippen LogP contribution in [0.2, 0.25) is 0 Å². The van der Waals surface area contributed by atoms with Crippen LogP contribution in [0.25, 0.3) is 5.69 Å². The average Bonchev–Trinajstić information content (AvgIpc) is 2.82. The van der Waals surface area contributed by atoms with E-state index in [9.17, 15) is 4.79 Å². The van der Waals surface area contributed by atoms with Gasteiger partial charge in [-0.3, -0.25) is 4.79 Å². The zero-order chi connectivity index (χ0) is 12.3. The van der Waals surface area contributed by atoms with Gasteiger partial charge in [-0.1, -0.05) is 12.1 Å². The summed E-state index contributed by atoms with van der Waals surface area (Å²) in [6.45, 7) is 0. The van der Waals surface area contributed by atoms with Gasteiger partial charge in [0, 0.05) is 24.1 Å². The Hall–Kier alpha value is -2.14. The van der Waals surface area contributed by atoms with Crippen LogP contribution in [-0.2, 0) is 4.79 Å². The van der Waals surface area contributed by atoms with Crippen LogP contribution in [0, 0.1) is 0 Å². The van der Waals surface area contributed by atoms with Crippen molar-refractivity contribution < 1.29 is 9.90 Å². The Morgan fingerprint density at radius 3 is 3.00 bits per heavy atom. The minimum absolute atomic E-state index is 0.0760. The molecule has 1 atom stereocenters. The smallest absolute Gasteiger partial charge is 0.305 e. The molecule has 1 heterocycles. The molecule has 1 aromatic heterocycles. The predicted octanol–water partition coefficient (Wildman–Crippen LogP) is 1.35. The Balaban J connectivity index is 2.25. The Labute approximate surface area is 98.5 Å². The predicted molar refractivity (Wildman–Crippen MR) is 62.7 cm³/mol. The second-order valence-electron chi connectivity index (χ2n) is 3.77. The monoisotopic (exact) mass is 231 g/mol. The van der Waals surface area contributed by atoms with Gasteiger partial charge < -0.3 is 15.4 Å². The molecule has 2 rings (SSSR count). The lowest BCUT2D eigenvalue weighted by atomic mass is 10.0. The first kappa shape index (κ1) is 11.3. The topological polar surface area (TPSA) is 81.1 Å². The summed E-state index contributed by atoms with van der Waals surface area (Å²) in [5, 5.41) is 8.70. The number of hydrogen-bond donors (Lipinski definition) is 2. The minimum atomic E-state index is -0.898. The van der Waals surface area contributed by atoms with Gasteiger partial charge in [-0.2, -0.15) is 0 Å². The number of imidazole rings is 1. The summed E-state index contributed by atoms with van der Waals surface area (Å²) in [5.74, 6) is -0.898. The summed E-state index contributed by atoms with van der Waals surface area (Å²) in [6, 6.07) is 6.98. The van der Waals surface area contributed by atoms with E-state index in [1.54, 1.807) is 12.5 Å². The molecular formula is C12H13N3O2. The van der Waals surface area contributed by atoms with Crippen molar-refractivity contribution in [3.63, 3.8) is 0 Å². The number of carboxylic acids is 1. The van der Waals surface area contributed by atoms with Gasteiger partial charge >= 0.3 is 5.97 Å². The fourth-order valence-electron chi connectivity index (χ4n) is 1.63. The molecule has 3 N–H and O–H groups in total. The van der Waals surface area contributed by atoms with E-state index in [4.69, 9.17) is 10.8 Å². The van der Waals surface area contributed by atoms with Gasteiger partial charge in [-0.05, 0) is 17.7 Å². The summed E-state index contributed by atoms with van der Waals surface area (Å²) in [7, 11) is 0. The molecule has 1 aromatic carbocycles. The van der Waals surface area contributed by atoms with E-state index in [-0.39, 0.29) is 6.42 Å². The van der Waals surface area contributed by atoms with Gasteiger partial charge in [-0.25, -0.2) is 4.98 Å². The van der Waals surface area contributed by atoms with Crippen LogP contribution < -0.4 is 5.73 Å². The number of nitrogens with zero attached hydrogens (tertiary/aromatic N) is 2. The standard InChI is InChI=1S/C12H13N3O2/c13-11(7-12(16)17)9-2-1-3-10(6-9)15-5-4-14-8-15/h1-6,8,11H,7,13H2,(H,16,17)/t11-/m0/s1. The fraction of sp³-hybridized carbons (Fsp3) is 0.167.